The van der Waals surface area contributed by atoms with Crippen LogP contribution in [0.25, 0.3) is 0 Å². The molecule has 8 nitrogen and oxygen atoms in total. The van der Waals surface area contributed by atoms with Crippen LogP contribution in [0, 0.1) is 0 Å². The number of nitrogens with two attached hydrogens (primary N) is 1. The lowest BCUT2D eigenvalue weighted by molar-refractivity contribution is 0.415. The van der Waals surface area contributed by atoms with E-state index in [0.717, 1.165) is 31.9 Å². The first-order valence-electron chi connectivity index (χ1n) is 9.94. The molecular formula is C22H25ClN6O2. The summed E-state index contributed by atoms with van der Waals surface area (Å²) in [6.07, 6.45) is 1.51. The lowest BCUT2D eigenvalue weighted by atomic mass is 10.2. The van der Waals surface area contributed by atoms with Crippen molar-refractivity contribution in [3.8, 4) is 11.5 Å². The van der Waals surface area contributed by atoms with Gasteiger partial charge in [0.25, 0.3) is 0 Å². The van der Waals surface area contributed by atoms with Crippen LogP contribution >= 0.6 is 11.6 Å². The molecule has 9 heteroatoms. The van der Waals surface area contributed by atoms with Crippen LogP contribution < -0.4 is 30.3 Å². The van der Waals surface area contributed by atoms with Crippen LogP contribution in [0.15, 0.2) is 48.8 Å². The SMILES string of the molecule is COc1ccc(N2CCN(c3ncnc(Nc4cc(Cl)ccc4OC)c3N)CC2)cc1. The molecule has 3 N–H and O–H groups in total. The Morgan fingerprint density at radius 2 is 1.65 bits per heavy atom. The molecule has 1 aromatic heterocycles. The molecule has 2 heterocycles. The van der Waals surface area contributed by atoms with Gasteiger partial charge in [0.2, 0.25) is 0 Å². The molecule has 0 aliphatic carbocycles. The maximum atomic E-state index is 6.44. The molecule has 1 aliphatic heterocycles. The third-order valence-electron chi connectivity index (χ3n) is 5.29. The summed E-state index contributed by atoms with van der Waals surface area (Å²) in [5, 5.41) is 3.81. The van der Waals surface area contributed by atoms with E-state index in [0.29, 0.717) is 33.8 Å². The number of hydrogen-bond acceptors (Lipinski definition) is 8. The number of anilines is 5. The Balaban J connectivity index is 1.48. The first-order chi connectivity index (χ1) is 15.1. The Labute approximate surface area is 186 Å². The summed E-state index contributed by atoms with van der Waals surface area (Å²) in [6, 6.07) is 13.4. The molecule has 162 valence electrons. The van der Waals surface area contributed by atoms with E-state index in [4.69, 9.17) is 26.8 Å². The van der Waals surface area contributed by atoms with E-state index < -0.39 is 0 Å². The molecule has 0 amide bonds. The van der Waals surface area contributed by atoms with Crippen LogP contribution in [0.3, 0.4) is 0 Å². The molecule has 2 aromatic carbocycles. The lowest BCUT2D eigenvalue weighted by Gasteiger charge is -2.37. The van der Waals surface area contributed by atoms with Crippen LogP contribution in [0.1, 0.15) is 0 Å². The number of aromatic nitrogens is 2. The normalized spacial score (nSPS) is 13.8. The van der Waals surface area contributed by atoms with Gasteiger partial charge >= 0.3 is 0 Å². The Bertz CT molecular complexity index is 1040. The molecule has 31 heavy (non-hydrogen) atoms. The van der Waals surface area contributed by atoms with E-state index in [1.54, 1.807) is 32.4 Å². The predicted octanol–water partition coefficient (Wildman–Crippen LogP) is 3.80. The largest absolute Gasteiger partial charge is 0.497 e. The lowest BCUT2D eigenvalue weighted by Crippen LogP contribution is -2.47. The fraction of sp³-hybridized carbons (Fsp3) is 0.273. The standard InChI is InChI=1S/C22H25ClN6O2/c1-30-17-6-4-16(5-7-17)28-9-11-29(12-10-28)22-20(24)21(25-14-26-22)27-18-13-15(23)3-8-19(18)31-2/h3-8,13-14H,9-12,24H2,1-2H3,(H,25,26,27). The zero-order valence-electron chi connectivity index (χ0n) is 17.5. The fourth-order valence-corrected chi connectivity index (χ4v) is 3.78. The van der Waals surface area contributed by atoms with Crippen molar-refractivity contribution in [2.24, 2.45) is 0 Å². The van der Waals surface area contributed by atoms with Gasteiger partial charge < -0.3 is 30.3 Å². The minimum atomic E-state index is 0.488. The third kappa shape index (κ3) is 4.54. The third-order valence-corrected chi connectivity index (χ3v) is 5.53. The molecule has 0 bridgehead atoms. The summed E-state index contributed by atoms with van der Waals surface area (Å²) in [7, 11) is 3.27. The number of nitrogens with zero attached hydrogens (tertiary/aromatic N) is 4. The molecule has 1 saturated heterocycles. The Hall–Kier alpha value is -3.39. The molecule has 0 saturated carbocycles. The van der Waals surface area contributed by atoms with Gasteiger partial charge in [-0.15, -0.1) is 0 Å². The maximum absolute atomic E-state index is 6.44. The van der Waals surface area contributed by atoms with E-state index >= 15 is 0 Å². The number of nitrogens with one attached hydrogen (secondary N) is 1. The molecular weight excluding hydrogens is 416 g/mol. The molecule has 4 rings (SSSR count). The predicted molar refractivity (Wildman–Crippen MR) is 125 cm³/mol. The van der Waals surface area contributed by atoms with Gasteiger partial charge in [-0.05, 0) is 42.5 Å². The number of rotatable bonds is 6. The van der Waals surface area contributed by atoms with Gasteiger partial charge in [-0.25, -0.2) is 9.97 Å². The summed E-state index contributed by atoms with van der Waals surface area (Å²) in [4.78, 5) is 13.3. The average molecular weight is 441 g/mol. The molecule has 0 unspecified atom stereocenters. The highest BCUT2D eigenvalue weighted by Gasteiger charge is 2.22. The number of hydrogen-bond donors (Lipinski definition) is 2. The van der Waals surface area contributed by atoms with Crippen LogP contribution in [0.5, 0.6) is 11.5 Å². The van der Waals surface area contributed by atoms with Gasteiger partial charge in [0, 0.05) is 36.9 Å². The number of nitrogen functional groups attached to an aromatic ring is 1. The highest BCUT2D eigenvalue weighted by atomic mass is 35.5. The van der Waals surface area contributed by atoms with Crippen molar-refractivity contribution in [3.05, 3.63) is 53.8 Å². The zero-order chi connectivity index (χ0) is 21.8. The summed E-state index contributed by atoms with van der Waals surface area (Å²) in [5.41, 5.74) is 8.79. The molecule has 0 spiro atoms. The van der Waals surface area contributed by atoms with Crippen LogP contribution in [-0.2, 0) is 0 Å². The molecule has 0 radical (unpaired) electrons. The van der Waals surface area contributed by atoms with E-state index in [1.165, 1.54) is 12.0 Å². The molecule has 1 aliphatic rings. The minimum Gasteiger partial charge on any atom is -0.497 e. The first kappa shape index (κ1) is 20.9. The maximum Gasteiger partial charge on any atom is 0.159 e. The van der Waals surface area contributed by atoms with Crippen molar-refractivity contribution < 1.29 is 9.47 Å². The molecule has 3 aromatic rings. The summed E-state index contributed by atoms with van der Waals surface area (Å²) in [5.74, 6) is 2.74. The number of ether oxygens (including phenoxy) is 2. The van der Waals surface area contributed by atoms with E-state index in [2.05, 4.69) is 37.2 Å². The van der Waals surface area contributed by atoms with E-state index in [9.17, 15) is 0 Å². The molecule has 1 fully saturated rings. The van der Waals surface area contributed by atoms with Gasteiger partial charge in [0.15, 0.2) is 11.6 Å². The van der Waals surface area contributed by atoms with Crippen molar-refractivity contribution in [1.82, 2.24) is 9.97 Å². The van der Waals surface area contributed by atoms with Crippen molar-refractivity contribution >= 4 is 40.3 Å². The summed E-state index contributed by atoms with van der Waals surface area (Å²) < 4.78 is 10.6. The average Bonchev–Trinajstić information content (AvgIpc) is 2.81. The van der Waals surface area contributed by atoms with Gasteiger partial charge in [-0.3, -0.25) is 0 Å². The summed E-state index contributed by atoms with van der Waals surface area (Å²) in [6.45, 7) is 3.32. The van der Waals surface area contributed by atoms with Crippen molar-refractivity contribution in [2.75, 3.05) is 61.2 Å². The minimum absolute atomic E-state index is 0.488. The van der Waals surface area contributed by atoms with Crippen molar-refractivity contribution in [1.29, 1.82) is 0 Å². The van der Waals surface area contributed by atoms with Crippen molar-refractivity contribution in [3.63, 3.8) is 0 Å². The number of benzene rings is 2. The first-order valence-corrected chi connectivity index (χ1v) is 10.3. The van der Waals surface area contributed by atoms with Crippen LogP contribution in [0.4, 0.5) is 28.7 Å². The Kier molecular flexibility index (Phi) is 6.18. The van der Waals surface area contributed by atoms with Gasteiger partial charge in [0.1, 0.15) is 23.5 Å². The second kappa shape index (κ2) is 9.18. The highest BCUT2D eigenvalue weighted by Crippen LogP contribution is 2.34. The number of methoxy groups -OCH3 is 2. The van der Waals surface area contributed by atoms with Gasteiger partial charge in [-0.1, -0.05) is 11.6 Å². The highest BCUT2D eigenvalue weighted by molar-refractivity contribution is 6.31. The Morgan fingerprint density at radius 1 is 0.935 bits per heavy atom. The fourth-order valence-electron chi connectivity index (χ4n) is 3.61. The van der Waals surface area contributed by atoms with Gasteiger partial charge in [-0.2, -0.15) is 0 Å². The van der Waals surface area contributed by atoms with Crippen LogP contribution in [0.2, 0.25) is 5.02 Å². The van der Waals surface area contributed by atoms with Gasteiger partial charge in [0.05, 0.1) is 19.9 Å². The monoisotopic (exact) mass is 440 g/mol. The van der Waals surface area contributed by atoms with E-state index in [1.807, 2.05) is 12.1 Å². The number of halogens is 1. The second-order valence-electron chi connectivity index (χ2n) is 7.10. The second-order valence-corrected chi connectivity index (χ2v) is 7.54. The topological polar surface area (TPSA) is 88.8 Å². The zero-order valence-corrected chi connectivity index (χ0v) is 18.3. The van der Waals surface area contributed by atoms with Crippen LogP contribution in [-0.4, -0.2) is 50.4 Å². The quantitative estimate of drug-likeness (QED) is 0.598. The van der Waals surface area contributed by atoms with E-state index in [-0.39, 0.29) is 0 Å². The summed E-state index contributed by atoms with van der Waals surface area (Å²) >= 11 is 6.13. The van der Waals surface area contributed by atoms with Crippen molar-refractivity contribution in [2.45, 2.75) is 0 Å². The smallest absolute Gasteiger partial charge is 0.159 e. The number of piperazine rings is 1. The Morgan fingerprint density at radius 3 is 2.32 bits per heavy atom. The molecule has 0 atom stereocenters.